The molecule has 2 aliphatic heterocycles. The number of aromatic nitrogens is 2. The number of rotatable bonds is 5. The predicted molar refractivity (Wildman–Crippen MR) is 77.0 cm³/mol. The van der Waals surface area contributed by atoms with Crippen LogP contribution in [0.15, 0.2) is 4.52 Å². The van der Waals surface area contributed by atoms with Crippen LogP contribution in [0.4, 0.5) is 0 Å². The third-order valence-electron chi connectivity index (χ3n) is 4.79. The van der Waals surface area contributed by atoms with Crippen LogP contribution in [0.3, 0.4) is 0 Å². The molecule has 118 valence electrons. The maximum absolute atomic E-state index is 5.70. The molecule has 0 unspecified atom stereocenters. The number of ether oxygens (including phenoxy) is 2. The van der Waals surface area contributed by atoms with Gasteiger partial charge >= 0.3 is 0 Å². The summed E-state index contributed by atoms with van der Waals surface area (Å²) in [5, 5.41) is 7.56. The number of nitrogens with zero attached hydrogens (tertiary/aromatic N) is 2. The number of aryl methyl sites for hydroxylation is 1. The Bertz CT molecular complexity index is 437. The van der Waals surface area contributed by atoms with Crippen molar-refractivity contribution in [2.45, 2.75) is 44.1 Å². The normalized spacial score (nSPS) is 23.3. The minimum absolute atomic E-state index is 0.422. The standard InChI is InChI=1S/C15H25N3O3/c1-19-15(6-10-20-11-7-15)14-17-13(21-18-14)3-2-12-4-8-16-9-5-12/h12,16H,2-11H2,1H3. The van der Waals surface area contributed by atoms with Crippen LogP contribution in [-0.4, -0.2) is 43.6 Å². The summed E-state index contributed by atoms with van der Waals surface area (Å²) >= 11 is 0. The molecule has 1 aromatic rings. The average Bonchev–Trinajstić information content (AvgIpc) is 3.04. The largest absolute Gasteiger partial charge is 0.381 e. The van der Waals surface area contributed by atoms with E-state index in [0.717, 1.165) is 50.6 Å². The molecule has 2 fully saturated rings. The zero-order chi connectivity index (χ0) is 14.5. The summed E-state index contributed by atoms with van der Waals surface area (Å²) in [4.78, 5) is 4.59. The van der Waals surface area contributed by atoms with E-state index in [-0.39, 0.29) is 0 Å². The lowest BCUT2D eigenvalue weighted by Crippen LogP contribution is -2.36. The van der Waals surface area contributed by atoms with Gasteiger partial charge in [-0.3, -0.25) is 0 Å². The summed E-state index contributed by atoms with van der Waals surface area (Å²) in [6.07, 6.45) is 6.08. The Morgan fingerprint density at radius 3 is 2.76 bits per heavy atom. The van der Waals surface area contributed by atoms with Crippen molar-refractivity contribution < 1.29 is 14.0 Å². The van der Waals surface area contributed by atoms with Gasteiger partial charge in [0, 0.05) is 39.6 Å². The quantitative estimate of drug-likeness (QED) is 0.891. The summed E-state index contributed by atoms with van der Waals surface area (Å²) in [5.41, 5.74) is -0.422. The van der Waals surface area contributed by atoms with Gasteiger partial charge in [-0.1, -0.05) is 5.16 Å². The van der Waals surface area contributed by atoms with Gasteiger partial charge < -0.3 is 19.3 Å². The molecule has 6 heteroatoms. The Hall–Kier alpha value is -0.980. The van der Waals surface area contributed by atoms with Crippen LogP contribution in [0, 0.1) is 5.92 Å². The van der Waals surface area contributed by atoms with E-state index in [0.29, 0.717) is 19.0 Å². The van der Waals surface area contributed by atoms with Crippen molar-refractivity contribution in [3.63, 3.8) is 0 Å². The van der Waals surface area contributed by atoms with Crippen LogP contribution in [0.1, 0.15) is 43.8 Å². The topological polar surface area (TPSA) is 69.4 Å². The van der Waals surface area contributed by atoms with Gasteiger partial charge in [0.2, 0.25) is 11.7 Å². The molecule has 3 rings (SSSR count). The molecule has 0 saturated carbocycles. The Kier molecular flexibility index (Phi) is 4.87. The second-order valence-electron chi connectivity index (χ2n) is 6.05. The molecule has 0 spiro atoms. The number of hydrogen-bond acceptors (Lipinski definition) is 6. The van der Waals surface area contributed by atoms with Crippen LogP contribution in [0.5, 0.6) is 0 Å². The lowest BCUT2D eigenvalue weighted by Gasteiger charge is -2.32. The van der Waals surface area contributed by atoms with Crippen molar-refractivity contribution in [1.82, 2.24) is 15.5 Å². The van der Waals surface area contributed by atoms with Gasteiger partial charge in [-0.05, 0) is 38.3 Å². The van der Waals surface area contributed by atoms with Crippen LogP contribution in [0.2, 0.25) is 0 Å². The highest BCUT2D eigenvalue weighted by molar-refractivity contribution is 5.03. The van der Waals surface area contributed by atoms with Crippen molar-refractivity contribution in [2.24, 2.45) is 5.92 Å². The Morgan fingerprint density at radius 2 is 2.05 bits per heavy atom. The SMILES string of the molecule is COC1(c2noc(CCC3CCNCC3)n2)CCOCC1. The van der Waals surface area contributed by atoms with E-state index in [1.165, 1.54) is 12.8 Å². The fraction of sp³-hybridized carbons (Fsp3) is 0.867. The summed E-state index contributed by atoms with van der Waals surface area (Å²) in [6, 6.07) is 0. The summed E-state index contributed by atoms with van der Waals surface area (Å²) in [6.45, 7) is 3.64. The van der Waals surface area contributed by atoms with E-state index in [9.17, 15) is 0 Å². The van der Waals surface area contributed by atoms with Crippen molar-refractivity contribution in [1.29, 1.82) is 0 Å². The fourth-order valence-electron chi connectivity index (χ4n) is 3.26. The van der Waals surface area contributed by atoms with Gasteiger partial charge in [0.05, 0.1) is 0 Å². The first-order chi connectivity index (χ1) is 10.3. The fourth-order valence-corrected chi connectivity index (χ4v) is 3.26. The van der Waals surface area contributed by atoms with Crippen molar-refractivity contribution >= 4 is 0 Å². The molecule has 0 radical (unpaired) electrons. The van der Waals surface area contributed by atoms with E-state index in [1.807, 2.05) is 0 Å². The second kappa shape index (κ2) is 6.85. The number of piperidine rings is 1. The molecule has 2 saturated heterocycles. The summed E-state index contributed by atoms with van der Waals surface area (Å²) < 4.78 is 16.5. The van der Waals surface area contributed by atoms with Gasteiger partial charge in [-0.2, -0.15) is 4.98 Å². The van der Waals surface area contributed by atoms with Crippen LogP contribution in [-0.2, 0) is 21.5 Å². The average molecular weight is 295 g/mol. The van der Waals surface area contributed by atoms with E-state index >= 15 is 0 Å². The highest BCUT2D eigenvalue weighted by Gasteiger charge is 2.39. The number of methoxy groups -OCH3 is 1. The highest BCUT2D eigenvalue weighted by atomic mass is 16.5. The van der Waals surface area contributed by atoms with Gasteiger partial charge in [0.1, 0.15) is 5.60 Å². The molecule has 1 aromatic heterocycles. The smallest absolute Gasteiger partial charge is 0.226 e. The number of hydrogen-bond donors (Lipinski definition) is 1. The third kappa shape index (κ3) is 3.44. The monoisotopic (exact) mass is 295 g/mol. The maximum Gasteiger partial charge on any atom is 0.226 e. The molecular weight excluding hydrogens is 270 g/mol. The lowest BCUT2D eigenvalue weighted by molar-refractivity contribution is -0.101. The minimum atomic E-state index is -0.422. The van der Waals surface area contributed by atoms with Gasteiger partial charge in [0.15, 0.2) is 0 Å². The summed E-state index contributed by atoms with van der Waals surface area (Å²) in [7, 11) is 1.72. The molecule has 0 bridgehead atoms. The highest BCUT2D eigenvalue weighted by Crippen LogP contribution is 2.33. The molecule has 6 nitrogen and oxygen atoms in total. The van der Waals surface area contributed by atoms with Gasteiger partial charge in [-0.15, -0.1) is 0 Å². The predicted octanol–water partition coefficient (Wildman–Crippen LogP) is 1.65. The molecule has 0 aromatic carbocycles. The van der Waals surface area contributed by atoms with Crippen molar-refractivity contribution in [3.8, 4) is 0 Å². The first-order valence-corrected chi connectivity index (χ1v) is 7.99. The molecule has 0 amide bonds. The van der Waals surface area contributed by atoms with E-state index in [2.05, 4.69) is 15.5 Å². The third-order valence-corrected chi connectivity index (χ3v) is 4.79. The van der Waals surface area contributed by atoms with E-state index in [4.69, 9.17) is 14.0 Å². The van der Waals surface area contributed by atoms with Gasteiger partial charge in [0.25, 0.3) is 0 Å². The molecule has 21 heavy (non-hydrogen) atoms. The Balaban J connectivity index is 1.59. The molecule has 0 aliphatic carbocycles. The van der Waals surface area contributed by atoms with Crippen molar-refractivity contribution in [3.05, 3.63) is 11.7 Å². The Labute approximate surface area is 125 Å². The number of nitrogens with one attached hydrogen (secondary N) is 1. The zero-order valence-corrected chi connectivity index (χ0v) is 12.8. The molecular formula is C15H25N3O3. The zero-order valence-electron chi connectivity index (χ0n) is 12.8. The molecule has 3 heterocycles. The second-order valence-corrected chi connectivity index (χ2v) is 6.05. The minimum Gasteiger partial charge on any atom is -0.381 e. The van der Waals surface area contributed by atoms with Crippen LogP contribution >= 0.6 is 0 Å². The first kappa shape index (κ1) is 14.9. The van der Waals surface area contributed by atoms with Gasteiger partial charge in [-0.25, -0.2) is 0 Å². The maximum atomic E-state index is 5.70. The first-order valence-electron chi connectivity index (χ1n) is 7.99. The summed E-state index contributed by atoms with van der Waals surface area (Å²) in [5.74, 6) is 2.21. The Morgan fingerprint density at radius 1 is 1.29 bits per heavy atom. The van der Waals surface area contributed by atoms with Crippen LogP contribution in [0.25, 0.3) is 0 Å². The van der Waals surface area contributed by atoms with E-state index in [1.54, 1.807) is 7.11 Å². The van der Waals surface area contributed by atoms with Crippen LogP contribution < -0.4 is 5.32 Å². The molecule has 0 atom stereocenters. The van der Waals surface area contributed by atoms with Crippen molar-refractivity contribution in [2.75, 3.05) is 33.4 Å². The lowest BCUT2D eigenvalue weighted by atomic mass is 9.92. The molecule has 2 aliphatic rings. The van der Waals surface area contributed by atoms with E-state index < -0.39 is 5.60 Å². The molecule has 1 N–H and O–H groups in total.